The number of hydrogen-bond acceptors (Lipinski definition) is 4. The molecule has 0 N–H and O–H groups in total. The summed E-state index contributed by atoms with van der Waals surface area (Å²) in [5.41, 5.74) is 10.3. The van der Waals surface area contributed by atoms with Crippen molar-refractivity contribution in [3.63, 3.8) is 0 Å². The van der Waals surface area contributed by atoms with Gasteiger partial charge in [-0.3, -0.25) is 4.98 Å². The number of para-hydroxylation sites is 3. The number of aryl methyl sites for hydroxylation is 2. The van der Waals surface area contributed by atoms with Crippen LogP contribution >= 0.6 is 11.3 Å². The molecule has 0 amide bonds. The van der Waals surface area contributed by atoms with Crippen LogP contribution in [0.1, 0.15) is 11.1 Å². The van der Waals surface area contributed by atoms with Gasteiger partial charge in [0.15, 0.2) is 0 Å². The number of aromatic nitrogens is 3. The van der Waals surface area contributed by atoms with Crippen LogP contribution in [0.5, 0.6) is 0 Å². The van der Waals surface area contributed by atoms with E-state index < -0.39 is 8.07 Å². The first-order chi connectivity index (χ1) is 25.7. The van der Waals surface area contributed by atoms with Crippen molar-refractivity contribution in [2.24, 2.45) is 0 Å². The first-order valence-corrected chi connectivity index (χ1v) is 22.2. The second kappa shape index (κ2) is 14.2. The van der Waals surface area contributed by atoms with E-state index >= 15 is 0 Å². The molecular formula is C47H37IrN3OSSi-2. The molecule has 0 bridgehead atoms. The summed E-state index contributed by atoms with van der Waals surface area (Å²) in [5, 5.41) is 6.17. The third-order valence-corrected chi connectivity index (χ3v) is 13.2. The van der Waals surface area contributed by atoms with Gasteiger partial charge in [0.05, 0.1) is 30.5 Å². The van der Waals surface area contributed by atoms with Gasteiger partial charge in [-0.25, -0.2) is 0 Å². The maximum Gasteiger partial charge on any atom is 0.120 e. The molecule has 10 aromatic rings. The Labute approximate surface area is 333 Å². The number of benzene rings is 6. The summed E-state index contributed by atoms with van der Waals surface area (Å²) in [4.78, 5) is 9.69. The molecule has 0 aliphatic heterocycles. The molecule has 4 nitrogen and oxygen atoms in total. The van der Waals surface area contributed by atoms with Crippen LogP contribution in [0.3, 0.4) is 0 Å². The fraction of sp³-hybridized carbons (Fsp3) is 0.106. The van der Waals surface area contributed by atoms with Gasteiger partial charge in [0, 0.05) is 57.5 Å². The average molecular weight is 912 g/mol. The molecule has 1 radical (unpaired) electrons. The average Bonchev–Trinajstić information content (AvgIpc) is 3.86. The maximum absolute atomic E-state index is 6.36. The maximum atomic E-state index is 6.36. The molecule has 10 rings (SSSR count). The van der Waals surface area contributed by atoms with Crippen LogP contribution in [-0.2, 0) is 20.1 Å². The quantitative estimate of drug-likeness (QED) is 0.131. The van der Waals surface area contributed by atoms with Crippen molar-refractivity contribution in [1.82, 2.24) is 14.5 Å². The van der Waals surface area contributed by atoms with Gasteiger partial charge in [0.1, 0.15) is 5.58 Å². The predicted octanol–water partition coefficient (Wildman–Crippen LogP) is 12.5. The minimum Gasteiger partial charge on any atom is -0.501 e. The first-order valence-electron chi connectivity index (χ1n) is 17.9. The van der Waals surface area contributed by atoms with Gasteiger partial charge in [-0.15, -0.1) is 64.9 Å². The van der Waals surface area contributed by atoms with Gasteiger partial charge in [0.2, 0.25) is 0 Å². The summed E-state index contributed by atoms with van der Waals surface area (Å²) in [6.07, 6.45) is 2.06. The molecule has 54 heavy (non-hydrogen) atoms. The molecule has 0 aliphatic rings. The zero-order chi connectivity index (χ0) is 36.3. The van der Waals surface area contributed by atoms with Gasteiger partial charge in [-0.2, -0.15) is 0 Å². The molecule has 4 aromatic heterocycles. The van der Waals surface area contributed by atoms with E-state index in [1.54, 1.807) is 0 Å². The topological polar surface area (TPSA) is 43.9 Å². The van der Waals surface area contributed by atoms with Crippen molar-refractivity contribution in [2.75, 3.05) is 0 Å². The number of nitrogens with zero attached hydrogens (tertiary/aromatic N) is 3. The van der Waals surface area contributed by atoms with E-state index in [4.69, 9.17) is 9.40 Å². The molecular weight excluding hydrogens is 875 g/mol. The Balaban J connectivity index is 0.000000186. The molecule has 0 aliphatic carbocycles. The molecule has 0 fully saturated rings. The summed E-state index contributed by atoms with van der Waals surface area (Å²) in [7, 11) is -1.28. The smallest absolute Gasteiger partial charge is 0.120 e. The molecule has 0 spiro atoms. The molecule has 0 saturated carbocycles. The zero-order valence-corrected chi connectivity index (χ0v) is 34.9. The number of hydrogen-bond donors (Lipinski definition) is 0. The van der Waals surface area contributed by atoms with Crippen LogP contribution < -0.4 is 5.19 Å². The second-order valence-electron chi connectivity index (χ2n) is 14.6. The third-order valence-electron chi connectivity index (χ3n) is 9.90. The van der Waals surface area contributed by atoms with Crippen LogP contribution in [0.15, 0.2) is 138 Å². The standard InChI is InChI=1S/C31H17N2OS.C16H20NSi.Ir/c1-5-14-27-20(8-1)22-10-7-11-23(30(22)34-27)31-32-25-12-3-4-13-26(25)33(31)19-16-17-29-24(18-19)21-9-2-6-15-28(21)35-29;1-12-6-8-14(9-7-12)15-10-13(2)16(11-17-15)18(3,4)5;/h1-10,12-18H;6-8,10-11H,1-5H3;/q2*-1;. The Morgan fingerprint density at radius 3 is 2.28 bits per heavy atom. The van der Waals surface area contributed by atoms with E-state index in [1.807, 2.05) is 47.7 Å². The monoisotopic (exact) mass is 912 g/mol. The van der Waals surface area contributed by atoms with Crippen LogP contribution in [0, 0.1) is 26.0 Å². The van der Waals surface area contributed by atoms with Crippen molar-refractivity contribution in [1.29, 1.82) is 0 Å². The Morgan fingerprint density at radius 2 is 1.48 bits per heavy atom. The van der Waals surface area contributed by atoms with Gasteiger partial charge in [-0.05, 0) is 60.3 Å². The van der Waals surface area contributed by atoms with Gasteiger partial charge < -0.3 is 14.0 Å². The van der Waals surface area contributed by atoms with Crippen LogP contribution in [-0.4, -0.2) is 22.6 Å². The number of rotatable bonds is 4. The zero-order valence-electron chi connectivity index (χ0n) is 30.7. The minimum absolute atomic E-state index is 0. The van der Waals surface area contributed by atoms with E-state index in [1.165, 1.54) is 36.5 Å². The van der Waals surface area contributed by atoms with Gasteiger partial charge in [0.25, 0.3) is 0 Å². The second-order valence-corrected chi connectivity index (χ2v) is 20.8. The number of furan rings is 1. The molecule has 4 heterocycles. The van der Waals surface area contributed by atoms with Crippen LogP contribution in [0.2, 0.25) is 19.6 Å². The molecule has 0 unspecified atom stereocenters. The molecule has 7 heteroatoms. The third kappa shape index (κ3) is 6.41. The Morgan fingerprint density at radius 1 is 0.722 bits per heavy atom. The van der Waals surface area contributed by atoms with Crippen molar-refractivity contribution in [3.05, 3.63) is 157 Å². The van der Waals surface area contributed by atoms with E-state index in [2.05, 4.69) is 152 Å². The SMILES string of the molecule is Cc1c[c-]c(-c2cc(C)c([Si](C)(C)C)cn2)cc1.[Ir].[c-]1ccc2c(oc3ccccc32)c1-c1nc2ccccc2n1-c1ccc2sc3ccccc3c2c1. The van der Waals surface area contributed by atoms with E-state index in [0.717, 1.165) is 61.3 Å². The Hall–Kier alpha value is -5.17. The molecule has 0 saturated heterocycles. The van der Waals surface area contributed by atoms with Crippen molar-refractivity contribution in [2.45, 2.75) is 33.5 Å². The summed E-state index contributed by atoms with van der Waals surface area (Å²) in [5.74, 6) is 0.828. The number of fused-ring (bicyclic) bond motifs is 7. The van der Waals surface area contributed by atoms with E-state index in [0.29, 0.717) is 0 Å². The summed E-state index contributed by atoms with van der Waals surface area (Å²) in [6.45, 7) is 11.3. The van der Waals surface area contributed by atoms with E-state index in [-0.39, 0.29) is 20.1 Å². The number of imidazole rings is 1. The minimum atomic E-state index is -1.28. The van der Waals surface area contributed by atoms with Gasteiger partial charge in [-0.1, -0.05) is 97.7 Å². The number of thiophene rings is 1. The predicted molar refractivity (Wildman–Crippen MR) is 226 cm³/mol. The molecule has 6 aromatic carbocycles. The molecule has 267 valence electrons. The van der Waals surface area contributed by atoms with Crippen LogP contribution in [0.4, 0.5) is 0 Å². The van der Waals surface area contributed by atoms with E-state index in [9.17, 15) is 0 Å². The van der Waals surface area contributed by atoms with Crippen molar-refractivity contribution >= 4 is 77.7 Å². The van der Waals surface area contributed by atoms with Crippen molar-refractivity contribution < 1.29 is 24.5 Å². The van der Waals surface area contributed by atoms with Crippen LogP contribution in [0.25, 0.3) is 81.5 Å². The summed E-state index contributed by atoms with van der Waals surface area (Å²) in [6, 6.07) is 50.9. The fourth-order valence-corrected chi connectivity index (χ4v) is 10.1. The Kier molecular flexibility index (Phi) is 9.45. The largest absolute Gasteiger partial charge is 0.501 e. The van der Waals surface area contributed by atoms with Crippen molar-refractivity contribution in [3.8, 4) is 28.3 Å². The normalized spacial score (nSPS) is 11.6. The number of pyridine rings is 1. The molecule has 0 atom stereocenters. The fourth-order valence-electron chi connectivity index (χ4n) is 7.32. The summed E-state index contributed by atoms with van der Waals surface area (Å²) < 4.78 is 11.2. The first kappa shape index (κ1) is 35.8. The Bertz CT molecular complexity index is 2970. The van der Waals surface area contributed by atoms with Gasteiger partial charge >= 0.3 is 0 Å². The summed E-state index contributed by atoms with van der Waals surface area (Å²) >= 11 is 1.83.